The van der Waals surface area contributed by atoms with Gasteiger partial charge in [-0.3, -0.25) is 4.79 Å². The molecule has 0 fully saturated rings. The number of fused-ring (bicyclic) bond motifs is 2. The summed E-state index contributed by atoms with van der Waals surface area (Å²) < 4.78 is 21.8. The predicted molar refractivity (Wildman–Crippen MR) is 98.2 cm³/mol. The minimum atomic E-state index is -0.745. The molecule has 0 spiro atoms. The minimum Gasteiger partial charge on any atom is -0.486 e. The molecule has 1 aromatic heterocycles. The number of carbonyl (C=O) groups is 1. The lowest BCUT2D eigenvalue weighted by Gasteiger charge is -2.18. The minimum absolute atomic E-state index is 0.196. The van der Waals surface area contributed by atoms with Crippen LogP contribution in [0.1, 0.15) is 6.92 Å². The summed E-state index contributed by atoms with van der Waals surface area (Å²) in [7, 11) is 0. The highest BCUT2D eigenvalue weighted by molar-refractivity contribution is 5.84. The quantitative estimate of drug-likeness (QED) is 0.560. The standard InChI is InChI=1S/C20H17NO6/c1-11(21)20(23)27-13-3-4-14-17(9-13)26-10-15(19(14)22)12-2-5-16-18(8-12)25-7-6-24-16/h2-5,8-11H,6-7,21H2,1H3. The molecule has 0 bridgehead atoms. The molecule has 27 heavy (non-hydrogen) atoms. The third-order valence-corrected chi connectivity index (χ3v) is 4.19. The molecule has 0 aliphatic carbocycles. The van der Waals surface area contributed by atoms with Gasteiger partial charge in [0.2, 0.25) is 0 Å². The average molecular weight is 367 g/mol. The van der Waals surface area contributed by atoms with Gasteiger partial charge in [-0.25, -0.2) is 4.79 Å². The Morgan fingerprint density at radius 1 is 1.11 bits per heavy atom. The summed E-state index contributed by atoms with van der Waals surface area (Å²) in [5.41, 5.74) is 6.68. The van der Waals surface area contributed by atoms with E-state index < -0.39 is 12.0 Å². The molecule has 1 aliphatic heterocycles. The molecule has 1 aliphatic rings. The predicted octanol–water partition coefficient (Wildman–Crippen LogP) is 2.48. The molecular formula is C20H17NO6. The monoisotopic (exact) mass is 367 g/mol. The van der Waals surface area contributed by atoms with Crippen LogP contribution < -0.4 is 25.4 Å². The Balaban J connectivity index is 1.72. The summed E-state index contributed by atoms with van der Waals surface area (Å²) in [5, 5.41) is 0.378. The van der Waals surface area contributed by atoms with Crippen LogP contribution in [0.15, 0.2) is 51.9 Å². The van der Waals surface area contributed by atoms with E-state index in [9.17, 15) is 9.59 Å². The summed E-state index contributed by atoms with van der Waals surface area (Å²) in [6, 6.07) is 9.15. The lowest BCUT2D eigenvalue weighted by atomic mass is 10.0. The molecule has 7 nitrogen and oxygen atoms in total. The molecular weight excluding hydrogens is 350 g/mol. The van der Waals surface area contributed by atoms with E-state index in [1.165, 1.54) is 25.3 Å². The first kappa shape index (κ1) is 17.1. The fraction of sp³-hybridized carbons (Fsp3) is 0.200. The number of hydrogen-bond donors (Lipinski definition) is 1. The number of ether oxygens (including phenoxy) is 3. The Morgan fingerprint density at radius 2 is 1.89 bits per heavy atom. The Bertz CT molecular complexity index is 1090. The maximum Gasteiger partial charge on any atom is 0.328 e. The molecule has 138 valence electrons. The van der Waals surface area contributed by atoms with Crippen LogP contribution in [-0.2, 0) is 4.79 Å². The zero-order valence-corrected chi connectivity index (χ0v) is 14.6. The van der Waals surface area contributed by atoms with Crippen molar-refractivity contribution in [2.24, 2.45) is 5.73 Å². The van der Waals surface area contributed by atoms with Crippen LogP contribution in [0.2, 0.25) is 0 Å². The second-order valence-electron chi connectivity index (χ2n) is 6.20. The summed E-state index contributed by atoms with van der Waals surface area (Å²) in [4.78, 5) is 24.5. The van der Waals surface area contributed by atoms with Crippen molar-refractivity contribution in [3.8, 4) is 28.4 Å². The molecule has 0 saturated carbocycles. The molecule has 3 aromatic rings. The molecule has 0 amide bonds. The van der Waals surface area contributed by atoms with E-state index in [0.29, 0.717) is 46.8 Å². The van der Waals surface area contributed by atoms with Crippen molar-refractivity contribution in [1.82, 2.24) is 0 Å². The number of rotatable bonds is 3. The summed E-state index contributed by atoms with van der Waals surface area (Å²) in [6.07, 6.45) is 1.38. The number of carbonyl (C=O) groups excluding carboxylic acids is 1. The lowest BCUT2D eigenvalue weighted by molar-refractivity contribution is -0.135. The van der Waals surface area contributed by atoms with Gasteiger partial charge in [-0.2, -0.15) is 0 Å². The molecule has 2 N–H and O–H groups in total. The van der Waals surface area contributed by atoms with Gasteiger partial charge in [0.1, 0.15) is 36.9 Å². The van der Waals surface area contributed by atoms with Gasteiger partial charge in [0.15, 0.2) is 16.9 Å². The summed E-state index contributed by atoms with van der Waals surface area (Å²) >= 11 is 0. The van der Waals surface area contributed by atoms with Crippen molar-refractivity contribution in [3.05, 3.63) is 52.9 Å². The van der Waals surface area contributed by atoms with E-state index in [4.69, 9.17) is 24.4 Å². The Hall–Kier alpha value is -3.32. The van der Waals surface area contributed by atoms with Crippen LogP contribution >= 0.6 is 0 Å². The first-order chi connectivity index (χ1) is 13.0. The van der Waals surface area contributed by atoms with Crippen molar-refractivity contribution in [3.63, 3.8) is 0 Å². The van der Waals surface area contributed by atoms with Crippen LogP contribution in [0, 0.1) is 0 Å². The van der Waals surface area contributed by atoms with E-state index in [0.717, 1.165) is 0 Å². The zero-order valence-electron chi connectivity index (χ0n) is 14.6. The van der Waals surface area contributed by atoms with Gasteiger partial charge in [0, 0.05) is 6.07 Å². The molecule has 2 aromatic carbocycles. The summed E-state index contributed by atoms with van der Waals surface area (Å²) in [6.45, 7) is 2.50. The molecule has 1 atom stereocenters. The Kier molecular flexibility index (Phi) is 4.29. The number of benzene rings is 2. The first-order valence-corrected chi connectivity index (χ1v) is 8.46. The Morgan fingerprint density at radius 3 is 2.67 bits per heavy atom. The second-order valence-corrected chi connectivity index (χ2v) is 6.20. The number of esters is 1. The van der Waals surface area contributed by atoms with Crippen LogP contribution in [0.25, 0.3) is 22.1 Å². The third-order valence-electron chi connectivity index (χ3n) is 4.19. The van der Waals surface area contributed by atoms with Crippen molar-refractivity contribution < 1.29 is 23.4 Å². The third kappa shape index (κ3) is 3.24. The maximum atomic E-state index is 12.9. The van der Waals surface area contributed by atoms with Gasteiger partial charge in [-0.1, -0.05) is 6.07 Å². The normalized spacial score (nSPS) is 14.0. The van der Waals surface area contributed by atoms with Gasteiger partial charge in [-0.15, -0.1) is 0 Å². The van der Waals surface area contributed by atoms with Gasteiger partial charge in [-0.05, 0) is 36.8 Å². The summed E-state index contributed by atoms with van der Waals surface area (Å²) in [5.74, 6) is 0.941. The van der Waals surface area contributed by atoms with Crippen LogP contribution in [0.5, 0.6) is 17.2 Å². The molecule has 4 rings (SSSR count). The number of hydrogen-bond acceptors (Lipinski definition) is 7. The second kappa shape index (κ2) is 6.77. The van der Waals surface area contributed by atoms with Crippen LogP contribution in [-0.4, -0.2) is 25.2 Å². The number of nitrogens with two attached hydrogens (primary N) is 1. The van der Waals surface area contributed by atoms with E-state index in [1.54, 1.807) is 24.3 Å². The van der Waals surface area contributed by atoms with Gasteiger partial charge < -0.3 is 24.4 Å². The molecule has 0 saturated heterocycles. The van der Waals surface area contributed by atoms with Crippen molar-refractivity contribution in [2.75, 3.05) is 13.2 Å². The molecule has 2 heterocycles. The topological polar surface area (TPSA) is 101 Å². The average Bonchev–Trinajstić information content (AvgIpc) is 2.68. The maximum absolute atomic E-state index is 12.9. The highest BCUT2D eigenvalue weighted by Crippen LogP contribution is 2.34. The van der Waals surface area contributed by atoms with E-state index in [2.05, 4.69) is 0 Å². The molecule has 0 radical (unpaired) electrons. The SMILES string of the molecule is CC(N)C(=O)Oc1ccc2c(=O)c(-c3ccc4c(c3)OCCO4)coc2c1. The highest BCUT2D eigenvalue weighted by Gasteiger charge is 2.16. The largest absolute Gasteiger partial charge is 0.486 e. The van der Waals surface area contributed by atoms with Crippen molar-refractivity contribution >= 4 is 16.9 Å². The fourth-order valence-electron chi connectivity index (χ4n) is 2.79. The van der Waals surface area contributed by atoms with Gasteiger partial charge in [0.05, 0.1) is 10.9 Å². The molecule has 7 heteroatoms. The Labute approximate surface area is 154 Å². The smallest absolute Gasteiger partial charge is 0.328 e. The lowest BCUT2D eigenvalue weighted by Crippen LogP contribution is -2.30. The zero-order chi connectivity index (χ0) is 19.0. The van der Waals surface area contributed by atoms with Gasteiger partial charge >= 0.3 is 5.97 Å². The van der Waals surface area contributed by atoms with Gasteiger partial charge in [0.25, 0.3) is 0 Å². The van der Waals surface area contributed by atoms with Crippen molar-refractivity contribution in [1.29, 1.82) is 0 Å². The fourth-order valence-corrected chi connectivity index (χ4v) is 2.79. The van der Waals surface area contributed by atoms with E-state index in [-0.39, 0.29) is 11.2 Å². The van der Waals surface area contributed by atoms with Crippen LogP contribution in [0.3, 0.4) is 0 Å². The van der Waals surface area contributed by atoms with Crippen molar-refractivity contribution in [2.45, 2.75) is 13.0 Å². The van der Waals surface area contributed by atoms with E-state index in [1.807, 2.05) is 0 Å². The van der Waals surface area contributed by atoms with Crippen LogP contribution in [0.4, 0.5) is 0 Å². The molecule has 1 unspecified atom stereocenters. The van der Waals surface area contributed by atoms with E-state index >= 15 is 0 Å². The highest BCUT2D eigenvalue weighted by atomic mass is 16.6. The first-order valence-electron chi connectivity index (χ1n) is 8.46.